The summed E-state index contributed by atoms with van der Waals surface area (Å²) in [6, 6.07) is 0. The molecule has 4 rings (SSSR count). The Morgan fingerprint density at radius 3 is 2.38 bits per heavy atom. The minimum absolute atomic E-state index is 0.142. The second kappa shape index (κ2) is 8.61. The monoisotopic (exact) mass is 470 g/mol. The first kappa shape index (κ1) is 25.7. The lowest BCUT2D eigenvalue weighted by molar-refractivity contribution is -0.139. The zero-order chi connectivity index (χ0) is 25.1. The maximum atomic E-state index is 12.8. The summed E-state index contributed by atoms with van der Waals surface area (Å²) in [5.74, 6) is 0.712. The highest BCUT2D eigenvalue weighted by atomic mass is 16.4. The van der Waals surface area contributed by atoms with Gasteiger partial charge in [-0.2, -0.15) is 0 Å². The van der Waals surface area contributed by atoms with Gasteiger partial charge in [-0.25, -0.2) is 4.79 Å². The lowest BCUT2D eigenvalue weighted by atomic mass is 9.43. The standard InChI is InChI=1S/C30H46O4/c1-19(26(33)34)8-7-9-20(18-31)21-12-16-30(6)23-10-11-24-27(2,3)25(32)14-15-28(24,4)22(23)13-17-29(21,30)5/h8,20-21,24,31H,7,9-18H2,1-6H3,(H,33,34)/b19-8+/t20-,21+,24-,28-,29+,30-/m1/s1. The number of ketones is 1. The van der Waals surface area contributed by atoms with Gasteiger partial charge in [-0.15, -0.1) is 0 Å². The molecular weight excluding hydrogens is 424 g/mol. The van der Waals surface area contributed by atoms with E-state index in [2.05, 4.69) is 34.6 Å². The average molecular weight is 471 g/mol. The minimum Gasteiger partial charge on any atom is -0.478 e. The van der Waals surface area contributed by atoms with Crippen LogP contribution >= 0.6 is 0 Å². The van der Waals surface area contributed by atoms with Crippen LogP contribution in [-0.4, -0.2) is 28.6 Å². The number of aliphatic carboxylic acids is 1. The highest BCUT2D eigenvalue weighted by Crippen LogP contribution is 2.72. The summed E-state index contributed by atoms with van der Waals surface area (Å²) >= 11 is 0. The zero-order valence-electron chi connectivity index (χ0n) is 22.3. The molecule has 34 heavy (non-hydrogen) atoms. The Balaban J connectivity index is 1.63. The van der Waals surface area contributed by atoms with Gasteiger partial charge >= 0.3 is 5.97 Å². The largest absolute Gasteiger partial charge is 0.478 e. The van der Waals surface area contributed by atoms with Crippen LogP contribution in [0.2, 0.25) is 0 Å². The number of hydrogen-bond acceptors (Lipinski definition) is 3. The molecule has 0 aromatic heterocycles. The van der Waals surface area contributed by atoms with Gasteiger partial charge in [0.15, 0.2) is 0 Å². The van der Waals surface area contributed by atoms with Gasteiger partial charge in [0.1, 0.15) is 5.78 Å². The van der Waals surface area contributed by atoms with Crippen LogP contribution in [0.15, 0.2) is 22.8 Å². The van der Waals surface area contributed by atoms with E-state index in [1.54, 1.807) is 18.1 Å². The number of carboxylic acid groups (broad SMARTS) is 1. The Morgan fingerprint density at radius 2 is 1.74 bits per heavy atom. The molecule has 0 aromatic carbocycles. The van der Waals surface area contributed by atoms with Crippen LogP contribution in [0.4, 0.5) is 0 Å². The van der Waals surface area contributed by atoms with Crippen LogP contribution in [0.1, 0.15) is 106 Å². The SMILES string of the molecule is C/C(=C\CC[C@H](CO)[C@@H]1CC[C@]2(C)C3=C(CC[C@@]12C)[C@@]1(C)CCC(=O)C(C)(C)[C@H]1CC3)C(=O)O. The molecular formula is C30H46O4. The maximum absolute atomic E-state index is 12.8. The fourth-order valence-corrected chi connectivity index (χ4v) is 9.31. The molecule has 4 nitrogen and oxygen atoms in total. The Bertz CT molecular complexity index is 926. The van der Waals surface area contributed by atoms with Crippen molar-refractivity contribution in [1.82, 2.24) is 0 Å². The third-order valence-corrected chi connectivity index (χ3v) is 11.7. The van der Waals surface area contributed by atoms with Crippen LogP contribution in [0.25, 0.3) is 0 Å². The summed E-state index contributed by atoms with van der Waals surface area (Å²) in [6.07, 6.45) is 11.9. The van der Waals surface area contributed by atoms with Gasteiger partial charge < -0.3 is 10.2 Å². The second-order valence-electron chi connectivity index (χ2n) is 13.2. The summed E-state index contributed by atoms with van der Waals surface area (Å²) in [5, 5.41) is 19.5. The van der Waals surface area contributed by atoms with Crippen molar-refractivity contribution < 1.29 is 19.8 Å². The Labute approximate surface area is 206 Å². The number of allylic oxidation sites excluding steroid dienone is 3. The Morgan fingerprint density at radius 1 is 1.03 bits per heavy atom. The van der Waals surface area contributed by atoms with Gasteiger partial charge in [-0.3, -0.25) is 4.79 Å². The van der Waals surface area contributed by atoms with E-state index in [0.717, 1.165) is 44.9 Å². The number of aliphatic hydroxyl groups is 1. The molecule has 0 amide bonds. The minimum atomic E-state index is -0.857. The molecule has 0 aliphatic heterocycles. The highest BCUT2D eigenvalue weighted by molar-refractivity contribution is 5.86. The van der Waals surface area contributed by atoms with E-state index in [1.165, 1.54) is 6.42 Å². The lowest BCUT2D eigenvalue weighted by Gasteiger charge is -2.61. The number of carbonyl (C=O) groups is 2. The summed E-state index contributed by atoms with van der Waals surface area (Å²) < 4.78 is 0. The molecule has 0 heterocycles. The molecule has 0 aromatic rings. The summed E-state index contributed by atoms with van der Waals surface area (Å²) in [5.41, 5.74) is 4.01. The van der Waals surface area contributed by atoms with Crippen LogP contribution < -0.4 is 0 Å². The smallest absolute Gasteiger partial charge is 0.330 e. The second-order valence-corrected chi connectivity index (χ2v) is 13.2. The van der Waals surface area contributed by atoms with Crippen LogP contribution in [-0.2, 0) is 9.59 Å². The molecule has 190 valence electrons. The van der Waals surface area contributed by atoms with Crippen molar-refractivity contribution in [2.45, 2.75) is 106 Å². The maximum Gasteiger partial charge on any atom is 0.330 e. The van der Waals surface area contributed by atoms with Crippen LogP contribution in [0.3, 0.4) is 0 Å². The molecule has 2 saturated carbocycles. The topological polar surface area (TPSA) is 74.6 Å². The Kier molecular flexibility index (Phi) is 6.50. The predicted octanol–water partition coefficient (Wildman–Crippen LogP) is 6.72. The molecule has 4 aliphatic carbocycles. The molecule has 0 spiro atoms. The first-order chi connectivity index (χ1) is 15.8. The van der Waals surface area contributed by atoms with E-state index in [9.17, 15) is 14.7 Å². The molecule has 0 saturated heterocycles. The number of carboxylic acids is 1. The Hall–Kier alpha value is -1.42. The van der Waals surface area contributed by atoms with E-state index in [1.807, 2.05) is 6.08 Å². The molecule has 0 unspecified atom stereocenters. The molecule has 6 atom stereocenters. The quantitative estimate of drug-likeness (QED) is 0.334. The number of rotatable bonds is 6. The third-order valence-electron chi connectivity index (χ3n) is 11.7. The van der Waals surface area contributed by atoms with Crippen LogP contribution in [0.5, 0.6) is 0 Å². The molecule has 2 fully saturated rings. The summed E-state index contributed by atoms with van der Waals surface area (Å²) in [7, 11) is 0. The highest BCUT2D eigenvalue weighted by Gasteiger charge is 2.63. The number of fused-ring (bicyclic) bond motifs is 4. The number of aliphatic hydroxyl groups excluding tert-OH is 1. The average Bonchev–Trinajstić information content (AvgIpc) is 3.05. The van der Waals surface area contributed by atoms with E-state index in [-0.39, 0.29) is 34.2 Å². The first-order valence-corrected chi connectivity index (χ1v) is 13.6. The van der Waals surface area contributed by atoms with Crippen molar-refractivity contribution in [1.29, 1.82) is 0 Å². The number of hydrogen-bond donors (Lipinski definition) is 2. The summed E-state index contributed by atoms with van der Waals surface area (Å²) in [4.78, 5) is 24.0. The van der Waals surface area contributed by atoms with Crippen molar-refractivity contribution in [3.63, 3.8) is 0 Å². The third kappa shape index (κ3) is 3.57. The van der Waals surface area contributed by atoms with Gasteiger partial charge in [0.2, 0.25) is 0 Å². The molecule has 2 N–H and O–H groups in total. The normalized spacial score (nSPS) is 40.4. The van der Waals surface area contributed by atoms with Gasteiger partial charge in [-0.1, -0.05) is 51.8 Å². The van der Waals surface area contributed by atoms with Crippen molar-refractivity contribution in [2.75, 3.05) is 6.61 Å². The molecule has 4 aliphatic rings. The van der Waals surface area contributed by atoms with Crippen molar-refractivity contribution in [3.05, 3.63) is 22.8 Å². The summed E-state index contributed by atoms with van der Waals surface area (Å²) in [6.45, 7) is 13.7. The van der Waals surface area contributed by atoms with Crippen molar-refractivity contribution in [2.24, 2.45) is 39.4 Å². The first-order valence-electron chi connectivity index (χ1n) is 13.6. The van der Waals surface area contributed by atoms with Crippen LogP contribution in [0, 0.1) is 39.4 Å². The van der Waals surface area contributed by atoms with Gasteiger partial charge in [0.25, 0.3) is 0 Å². The van der Waals surface area contributed by atoms with E-state index in [4.69, 9.17) is 5.11 Å². The van der Waals surface area contributed by atoms with Crippen molar-refractivity contribution >= 4 is 11.8 Å². The van der Waals surface area contributed by atoms with Gasteiger partial charge in [0, 0.05) is 24.0 Å². The molecule has 0 radical (unpaired) electrons. The fourth-order valence-electron chi connectivity index (χ4n) is 9.31. The van der Waals surface area contributed by atoms with Gasteiger partial charge in [-0.05, 0) is 98.7 Å². The molecule has 4 heteroatoms. The number of Topliss-reactive ketones (excluding diaryl/α,β-unsaturated/α-hetero) is 1. The predicted molar refractivity (Wildman–Crippen MR) is 135 cm³/mol. The van der Waals surface area contributed by atoms with Gasteiger partial charge in [0.05, 0.1) is 0 Å². The number of carbonyl (C=O) groups excluding carboxylic acids is 1. The van der Waals surface area contributed by atoms with E-state index < -0.39 is 5.97 Å². The fraction of sp³-hybridized carbons (Fsp3) is 0.800. The van der Waals surface area contributed by atoms with E-state index in [0.29, 0.717) is 36.0 Å². The lowest BCUT2D eigenvalue weighted by Crippen LogP contribution is -2.54. The zero-order valence-corrected chi connectivity index (χ0v) is 22.3. The molecule has 0 bridgehead atoms. The van der Waals surface area contributed by atoms with E-state index >= 15 is 0 Å². The van der Waals surface area contributed by atoms with Crippen molar-refractivity contribution in [3.8, 4) is 0 Å².